The van der Waals surface area contributed by atoms with Crippen molar-refractivity contribution < 1.29 is 27.1 Å². The molecule has 0 bridgehead atoms. The monoisotopic (exact) mass is 649 g/mol. The van der Waals surface area contributed by atoms with Crippen LogP contribution in [0.3, 0.4) is 0 Å². The molecule has 0 radical (unpaired) electrons. The van der Waals surface area contributed by atoms with Crippen molar-refractivity contribution in [3.63, 3.8) is 0 Å². The highest BCUT2D eigenvalue weighted by molar-refractivity contribution is 6.33. The van der Waals surface area contributed by atoms with Gasteiger partial charge in [0.15, 0.2) is 12.4 Å². The number of nitrogens with one attached hydrogen (secondary N) is 2. The lowest BCUT2D eigenvalue weighted by Gasteiger charge is -2.40. The van der Waals surface area contributed by atoms with Crippen molar-refractivity contribution in [2.75, 3.05) is 48.3 Å². The number of amides is 1. The number of nitrogens with zero attached hydrogens (tertiary/aromatic N) is 5. The fraction of sp³-hybridized carbons (Fsp3) is 0.533. The van der Waals surface area contributed by atoms with Gasteiger partial charge in [-0.1, -0.05) is 11.6 Å². The number of carbonyl (C=O) groups is 1. The summed E-state index contributed by atoms with van der Waals surface area (Å²) in [7, 11) is 1.54. The minimum Gasteiger partial charge on any atom is -0.480 e. The molecular formula is C30H32ClF4N7O3. The quantitative estimate of drug-likeness (QED) is 0.359. The summed E-state index contributed by atoms with van der Waals surface area (Å²) in [5, 5.41) is 6.73. The van der Waals surface area contributed by atoms with Crippen molar-refractivity contribution in [3.8, 4) is 5.75 Å². The maximum absolute atomic E-state index is 15.0. The number of anilines is 4. The molecular weight excluding hydrogens is 618 g/mol. The zero-order chi connectivity index (χ0) is 31.7. The fourth-order valence-corrected chi connectivity index (χ4v) is 6.44. The van der Waals surface area contributed by atoms with Crippen LogP contribution in [0, 0.1) is 11.8 Å². The number of hydrogen-bond acceptors (Lipinski definition) is 8. The van der Waals surface area contributed by atoms with Crippen molar-refractivity contribution in [2.45, 2.75) is 50.0 Å². The summed E-state index contributed by atoms with van der Waals surface area (Å²) in [6, 6.07) is 3.88. The number of carbonyl (C=O) groups excluding carboxylic acids is 1. The zero-order valence-electron chi connectivity index (χ0n) is 24.5. The van der Waals surface area contributed by atoms with Crippen LogP contribution in [0.15, 0.2) is 29.2 Å². The first-order valence-electron chi connectivity index (χ1n) is 15.1. The number of piperidine rings is 1. The van der Waals surface area contributed by atoms with Gasteiger partial charge in [0.2, 0.25) is 17.6 Å². The molecule has 1 unspecified atom stereocenters. The Morgan fingerprint density at radius 1 is 1.18 bits per heavy atom. The molecule has 3 aliphatic heterocycles. The van der Waals surface area contributed by atoms with Crippen LogP contribution in [-0.2, 0) is 11.8 Å². The van der Waals surface area contributed by atoms with E-state index in [0.717, 1.165) is 6.42 Å². The van der Waals surface area contributed by atoms with Gasteiger partial charge in [0, 0.05) is 63.1 Å². The number of hydrogen-bond donors (Lipinski definition) is 2. The first-order chi connectivity index (χ1) is 21.4. The molecule has 3 fully saturated rings. The van der Waals surface area contributed by atoms with Gasteiger partial charge in [0.05, 0.1) is 23.4 Å². The Kier molecular flexibility index (Phi) is 7.25. The predicted octanol–water partition coefficient (Wildman–Crippen LogP) is 5.03. The molecule has 1 aromatic carbocycles. The maximum Gasteiger partial charge on any atom is 0.301 e. The Morgan fingerprint density at radius 2 is 1.96 bits per heavy atom. The Morgan fingerprint density at radius 3 is 2.67 bits per heavy atom. The third-order valence-electron chi connectivity index (χ3n) is 9.27. The predicted molar refractivity (Wildman–Crippen MR) is 161 cm³/mol. The average molecular weight is 650 g/mol. The highest BCUT2D eigenvalue weighted by atomic mass is 35.5. The van der Waals surface area contributed by atoms with E-state index in [1.165, 1.54) is 10.8 Å². The SMILES string of the molecule is Cn1c(=O)c2c(c3cc(Nc4nc(N5CCC(F)(F)C(CC(=O)N6CCC6)C5)ncc4Cl)ccc31)N[C@@H](C1CC1)C(F)(F)CO2. The number of halogens is 5. The van der Waals surface area contributed by atoms with E-state index in [-0.39, 0.29) is 59.6 Å². The van der Waals surface area contributed by atoms with E-state index in [9.17, 15) is 18.4 Å². The molecule has 4 aliphatic rings. The van der Waals surface area contributed by atoms with Crippen molar-refractivity contribution in [2.24, 2.45) is 18.9 Å². The summed E-state index contributed by atoms with van der Waals surface area (Å²) in [5.74, 6) is -7.63. The lowest BCUT2D eigenvalue weighted by Crippen LogP contribution is -2.51. The molecule has 0 spiro atoms. The Hall–Kier alpha value is -3.81. The standard InChI is InChI=1S/C30H32ClF4N7O3/c1-40-21-6-5-18(12-19(21)23-24(27(40)44)45-15-30(34,35)25(38-23)16-3-4-16)37-26-20(31)13-36-28(39-26)42-10-7-29(32,33)17(14-42)11-22(43)41-8-2-9-41/h5-6,12-13,16-17,25,38H,2-4,7-11,14-15H2,1H3,(H,36,37,39)/t17?,25-/m0/s1. The van der Waals surface area contributed by atoms with E-state index < -0.39 is 42.4 Å². The molecule has 2 aromatic heterocycles. The molecule has 15 heteroatoms. The van der Waals surface area contributed by atoms with E-state index in [1.54, 1.807) is 35.0 Å². The molecule has 1 aliphatic carbocycles. The summed E-state index contributed by atoms with van der Waals surface area (Å²) in [4.78, 5) is 37.6. The lowest BCUT2D eigenvalue weighted by molar-refractivity contribution is -0.141. The molecule has 2 N–H and O–H groups in total. The summed E-state index contributed by atoms with van der Waals surface area (Å²) in [6.07, 6.45) is 2.88. The van der Waals surface area contributed by atoms with E-state index in [2.05, 4.69) is 20.6 Å². The van der Waals surface area contributed by atoms with E-state index in [4.69, 9.17) is 16.3 Å². The van der Waals surface area contributed by atoms with Gasteiger partial charge in [-0.25, -0.2) is 22.5 Å². The number of benzene rings is 1. The Labute approximate surface area is 260 Å². The third-order valence-corrected chi connectivity index (χ3v) is 9.55. The van der Waals surface area contributed by atoms with E-state index in [1.807, 2.05) is 0 Å². The van der Waals surface area contributed by atoms with Crippen molar-refractivity contribution in [3.05, 3.63) is 39.8 Å². The number of pyridine rings is 1. The molecule has 7 rings (SSSR count). The highest BCUT2D eigenvalue weighted by Gasteiger charge is 2.51. The van der Waals surface area contributed by atoms with Crippen LogP contribution in [0.2, 0.25) is 5.02 Å². The molecule has 3 aromatic rings. The van der Waals surface area contributed by atoms with Crippen molar-refractivity contribution >= 4 is 51.6 Å². The van der Waals surface area contributed by atoms with Gasteiger partial charge in [0.1, 0.15) is 5.02 Å². The number of fused-ring (bicyclic) bond motifs is 3. The molecule has 1 amide bonds. The number of alkyl halides is 4. The molecule has 5 heterocycles. The number of aryl methyl sites for hydroxylation is 1. The fourth-order valence-electron chi connectivity index (χ4n) is 6.30. The summed E-state index contributed by atoms with van der Waals surface area (Å²) < 4.78 is 66.4. The van der Waals surface area contributed by atoms with Gasteiger partial charge in [-0.05, 0) is 43.4 Å². The van der Waals surface area contributed by atoms with Gasteiger partial charge in [-0.2, -0.15) is 4.98 Å². The van der Waals surface area contributed by atoms with Crippen LogP contribution in [0.4, 0.5) is 40.7 Å². The zero-order valence-corrected chi connectivity index (χ0v) is 25.2. The second-order valence-electron chi connectivity index (χ2n) is 12.4. The van der Waals surface area contributed by atoms with Crippen LogP contribution in [0.5, 0.6) is 5.75 Å². The first-order valence-corrected chi connectivity index (χ1v) is 15.4. The number of aromatic nitrogens is 3. The van der Waals surface area contributed by atoms with Crippen LogP contribution >= 0.6 is 11.6 Å². The van der Waals surface area contributed by atoms with Gasteiger partial charge in [-0.3, -0.25) is 9.59 Å². The van der Waals surface area contributed by atoms with Gasteiger partial charge in [0.25, 0.3) is 11.5 Å². The lowest BCUT2D eigenvalue weighted by atomic mass is 9.90. The topological polar surface area (TPSA) is 105 Å². The smallest absolute Gasteiger partial charge is 0.301 e. The van der Waals surface area contributed by atoms with Crippen molar-refractivity contribution in [1.29, 1.82) is 0 Å². The minimum absolute atomic E-state index is 0.00290. The first kappa shape index (κ1) is 29.9. The van der Waals surface area contributed by atoms with Gasteiger partial charge >= 0.3 is 5.92 Å². The molecule has 2 saturated heterocycles. The second kappa shape index (κ2) is 10.9. The highest BCUT2D eigenvalue weighted by Crippen LogP contribution is 2.46. The summed E-state index contributed by atoms with van der Waals surface area (Å²) in [6.45, 7) is 0.197. The molecule has 1 saturated carbocycles. The van der Waals surface area contributed by atoms with Crippen LogP contribution in [0.25, 0.3) is 10.9 Å². The third kappa shape index (κ3) is 5.50. The van der Waals surface area contributed by atoms with Gasteiger partial charge in [-0.15, -0.1) is 0 Å². The number of rotatable bonds is 6. The van der Waals surface area contributed by atoms with E-state index in [0.29, 0.717) is 42.5 Å². The molecule has 10 nitrogen and oxygen atoms in total. The summed E-state index contributed by atoms with van der Waals surface area (Å²) in [5.41, 5.74) is 0.661. The van der Waals surface area contributed by atoms with Crippen LogP contribution in [0.1, 0.15) is 32.1 Å². The number of likely N-dealkylation sites (tertiary alicyclic amines) is 1. The van der Waals surface area contributed by atoms with Crippen LogP contribution < -0.4 is 25.8 Å². The largest absolute Gasteiger partial charge is 0.480 e. The van der Waals surface area contributed by atoms with Crippen molar-refractivity contribution in [1.82, 2.24) is 19.4 Å². The maximum atomic E-state index is 15.0. The Bertz CT molecular complexity index is 1730. The molecule has 2 atom stereocenters. The minimum atomic E-state index is -3.17. The normalized spacial score (nSPS) is 23.8. The second-order valence-corrected chi connectivity index (χ2v) is 12.8. The van der Waals surface area contributed by atoms with E-state index >= 15 is 8.78 Å². The van der Waals surface area contributed by atoms with Crippen LogP contribution in [-0.4, -0.2) is 76.0 Å². The molecule has 45 heavy (non-hydrogen) atoms. The molecule has 240 valence electrons. The van der Waals surface area contributed by atoms with Gasteiger partial charge < -0.3 is 29.7 Å². The number of ether oxygens (including phenoxy) is 1. The summed E-state index contributed by atoms with van der Waals surface area (Å²) >= 11 is 6.44. The average Bonchev–Trinajstić information content (AvgIpc) is 3.81. The Balaban J connectivity index is 1.17.